The number of fused-ring (bicyclic) bond motifs is 1. The molecule has 1 saturated heterocycles. The zero-order valence-corrected chi connectivity index (χ0v) is 21.7. The average Bonchev–Trinajstić information content (AvgIpc) is 3.28. The Bertz CT molecular complexity index is 1490. The summed E-state index contributed by atoms with van der Waals surface area (Å²) >= 11 is 0. The number of carbonyl (C=O) groups excluding carboxylic acids is 2. The lowest BCUT2D eigenvalue weighted by atomic mass is 10.1. The quantitative estimate of drug-likeness (QED) is 0.343. The number of aryl methyl sites for hydroxylation is 2. The predicted molar refractivity (Wildman–Crippen MR) is 148 cm³/mol. The van der Waals surface area contributed by atoms with Crippen LogP contribution in [0.2, 0.25) is 0 Å². The number of nitrogens with one attached hydrogen (secondary N) is 3. The number of rotatable bonds is 7. The van der Waals surface area contributed by atoms with Crippen LogP contribution in [0.25, 0.3) is 5.52 Å². The largest absolute Gasteiger partial charge is 0.378 e. The molecule has 5 rings (SSSR count). The van der Waals surface area contributed by atoms with Crippen molar-refractivity contribution in [3.8, 4) is 0 Å². The molecule has 10 heteroatoms. The molecule has 0 spiro atoms. The molecule has 3 aromatic heterocycles. The maximum Gasteiger partial charge on any atom is 0.255 e. The predicted octanol–water partition coefficient (Wildman–Crippen LogP) is 3.93. The van der Waals surface area contributed by atoms with Gasteiger partial charge in [0.25, 0.3) is 11.8 Å². The molecule has 10 nitrogen and oxygen atoms in total. The molecule has 1 fully saturated rings. The lowest BCUT2D eigenvalue weighted by molar-refractivity contribution is 0.0954. The van der Waals surface area contributed by atoms with Crippen LogP contribution in [0.4, 0.5) is 22.9 Å². The van der Waals surface area contributed by atoms with Gasteiger partial charge < -0.3 is 25.6 Å². The van der Waals surface area contributed by atoms with Crippen LogP contribution >= 0.6 is 0 Å². The summed E-state index contributed by atoms with van der Waals surface area (Å²) in [6.45, 7) is 9.15. The van der Waals surface area contributed by atoms with Crippen LogP contribution in [0.15, 0.2) is 55.0 Å². The molecule has 0 radical (unpaired) electrons. The van der Waals surface area contributed by atoms with Gasteiger partial charge in [-0.3, -0.25) is 9.59 Å². The first kappa shape index (κ1) is 25.2. The highest BCUT2D eigenvalue weighted by Gasteiger charge is 2.18. The van der Waals surface area contributed by atoms with E-state index in [1.165, 1.54) is 0 Å². The molecule has 2 amide bonds. The van der Waals surface area contributed by atoms with Gasteiger partial charge in [0.05, 0.1) is 30.0 Å². The molecule has 0 atom stereocenters. The van der Waals surface area contributed by atoms with Gasteiger partial charge in [0, 0.05) is 55.2 Å². The van der Waals surface area contributed by atoms with E-state index in [9.17, 15) is 9.59 Å². The zero-order chi connectivity index (χ0) is 26.6. The molecule has 0 bridgehead atoms. The molecule has 38 heavy (non-hydrogen) atoms. The average molecular weight is 514 g/mol. The summed E-state index contributed by atoms with van der Waals surface area (Å²) in [7, 11) is 0. The Kier molecular flexibility index (Phi) is 7.23. The molecule has 196 valence electrons. The fraction of sp³-hybridized carbons (Fsp3) is 0.286. The number of morpholine rings is 1. The van der Waals surface area contributed by atoms with Crippen LogP contribution in [0.5, 0.6) is 0 Å². The number of amides is 2. The SMILES string of the molecule is CCNC(=O)c1cn2nccc(Nc3cc(NC(=O)c4ccnc(N5CCOCC5)c4)ccc3C)c2c1C. The summed E-state index contributed by atoms with van der Waals surface area (Å²) < 4.78 is 7.12. The fourth-order valence-corrected chi connectivity index (χ4v) is 4.55. The van der Waals surface area contributed by atoms with Crippen LogP contribution in [0, 0.1) is 13.8 Å². The van der Waals surface area contributed by atoms with E-state index in [4.69, 9.17) is 4.74 Å². The van der Waals surface area contributed by atoms with Crippen molar-refractivity contribution in [2.45, 2.75) is 20.8 Å². The van der Waals surface area contributed by atoms with Crippen LogP contribution in [-0.2, 0) is 4.74 Å². The fourth-order valence-electron chi connectivity index (χ4n) is 4.55. The number of nitrogens with zero attached hydrogens (tertiary/aromatic N) is 4. The number of benzene rings is 1. The van der Waals surface area contributed by atoms with Gasteiger partial charge in [-0.05, 0) is 62.2 Å². The molecular formula is C28H31N7O3. The molecule has 4 heterocycles. The number of hydrogen-bond acceptors (Lipinski definition) is 7. The van der Waals surface area contributed by atoms with Crippen LogP contribution in [0.3, 0.4) is 0 Å². The molecule has 0 unspecified atom stereocenters. The number of hydrogen-bond donors (Lipinski definition) is 3. The Hall–Kier alpha value is -4.44. The van der Waals surface area contributed by atoms with Gasteiger partial charge in [0.2, 0.25) is 0 Å². The van der Waals surface area contributed by atoms with Crippen molar-refractivity contribution in [2.75, 3.05) is 48.4 Å². The third-order valence-corrected chi connectivity index (χ3v) is 6.62. The number of carbonyl (C=O) groups is 2. The third-order valence-electron chi connectivity index (χ3n) is 6.62. The van der Waals surface area contributed by atoms with E-state index >= 15 is 0 Å². The van der Waals surface area contributed by atoms with Crippen molar-refractivity contribution in [2.24, 2.45) is 0 Å². The monoisotopic (exact) mass is 513 g/mol. The van der Waals surface area contributed by atoms with Gasteiger partial charge in [0.15, 0.2) is 0 Å². The van der Waals surface area contributed by atoms with Gasteiger partial charge in [-0.2, -0.15) is 5.10 Å². The maximum absolute atomic E-state index is 13.1. The van der Waals surface area contributed by atoms with Crippen LogP contribution in [0.1, 0.15) is 38.8 Å². The first-order chi connectivity index (χ1) is 18.4. The Morgan fingerprint density at radius 2 is 1.82 bits per heavy atom. The summed E-state index contributed by atoms with van der Waals surface area (Å²) in [4.78, 5) is 32.1. The Balaban J connectivity index is 1.38. The van der Waals surface area contributed by atoms with E-state index < -0.39 is 0 Å². The van der Waals surface area contributed by atoms with Crippen molar-refractivity contribution < 1.29 is 14.3 Å². The van der Waals surface area contributed by atoms with Crippen molar-refractivity contribution in [3.63, 3.8) is 0 Å². The van der Waals surface area contributed by atoms with E-state index in [0.717, 1.165) is 46.9 Å². The lowest BCUT2D eigenvalue weighted by Crippen LogP contribution is -2.36. The summed E-state index contributed by atoms with van der Waals surface area (Å²) in [6, 6.07) is 11.1. The molecule has 0 aliphatic carbocycles. The second-order valence-corrected chi connectivity index (χ2v) is 9.18. The maximum atomic E-state index is 13.1. The number of ether oxygens (including phenoxy) is 1. The standard InChI is InChI=1S/C28H31N7O3/c1-4-29-28(37)22-17-35-26(19(22)3)23(8-10-31-35)33-24-16-21(6-5-18(24)2)32-27(36)20-7-9-30-25(15-20)34-11-13-38-14-12-34/h5-10,15-17,33H,4,11-14H2,1-3H3,(H,29,37)(H,32,36). The van der Waals surface area contributed by atoms with E-state index in [2.05, 4.69) is 30.9 Å². The van der Waals surface area contributed by atoms with Crippen molar-refractivity contribution in [1.82, 2.24) is 19.9 Å². The minimum absolute atomic E-state index is 0.129. The van der Waals surface area contributed by atoms with Gasteiger partial charge in [-0.15, -0.1) is 0 Å². The van der Waals surface area contributed by atoms with E-state index in [0.29, 0.717) is 36.6 Å². The van der Waals surface area contributed by atoms with Gasteiger partial charge in [-0.25, -0.2) is 9.50 Å². The van der Waals surface area contributed by atoms with E-state index in [-0.39, 0.29) is 11.8 Å². The number of anilines is 4. The second kappa shape index (κ2) is 10.9. The van der Waals surface area contributed by atoms with Gasteiger partial charge in [-0.1, -0.05) is 6.07 Å². The Morgan fingerprint density at radius 3 is 2.61 bits per heavy atom. The molecule has 3 N–H and O–H groups in total. The molecule has 1 aromatic carbocycles. The third kappa shape index (κ3) is 5.16. The topological polar surface area (TPSA) is 113 Å². The molecule has 1 aliphatic rings. The summed E-state index contributed by atoms with van der Waals surface area (Å²) in [6.07, 6.45) is 5.09. The lowest BCUT2D eigenvalue weighted by Gasteiger charge is -2.27. The number of pyridine rings is 1. The van der Waals surface area contributed by atoms with Gasteiger partial charge >= 0.3 is 0 Å². The molecule has 0 saturated carbocycles. The highest BCUT2D eigenvalue weighted by molar-refractivity contribution is 6.05. The Labute approximate surface area is 221 Å². The normalized spacial score (nSPS) is 13.4. The molecule has 4 aromatic rings. The first-order valence-corrected chi connectivity index (χ1v) is 12.7. The smallest absolute Gasteiger partial charge is 0.255 e. The van der Waals surface area contributed by atoms with Crippen molar-refractivity contribution in [1.29, 1.82) is 0 Å². The molecule has 1 aliphatic heterocycles. The molecular weight excluding hydrogens is 482 g/mol. The second-order valence-electron chi connectivity index (χ2n) is 9.18. The summed E-state index contributed by atoms with van der Waals surface area (Å²) in [5.74, 6) is 0.427. The van der Waals surface area contributed by atoms with Gasteiger partial charge in [0.1, 0.15) is 5.82 Å². The first-order valence-electron chi connectivity index (χ1n) is 12.7. The highest BCUT2D eigenvalue weighted by atomic mass is 16.5. The highest BCUT2D eigenvalue weighted by Crippen LogP contribution is 2.30. The number of aromatic nitrogens is 3. The van der Waals surface area contributed by atoms with Crippen LogP contribution < -0.4 is 20.9 Å². The van der Waals surface area contributed by atoms with E-state index in [1.807, 2.05) is 51.1 Å². The summed E-state index contributed by atoms with van der Waals surface area (Å²) in [5, 5.41) is 13.7. The minimum atomic E-state index is -0.211. The van der Waals surface area contributed by atoms with Crippen molar-refractivity contribution >= 4 is 40.2 Å². The summed E-state index contributed by atoms with van der Waals surface area (Å²) in [5.41, 5.74) is 6.08. The Morgan fingerprint density at radius 1 is 1.00 bits per heavy atom. The zero-order valence-electron chi connectivity index (χ0n) is 21.7. The van der Waals surface area contributed by atoms with Crippen LogP contribution in [-0.4, -0.2) is 59.3 Å². The van der Waals surface area contributed by atoms with E-state index in [1.54, 1.807) is 29.2 Å². The van der Waals surface area contributed by atoms with Crippen molar-refractivity contribution in [3.05, 3.63) is 77.2 Å². The minimum Gasteiger partial charge on any atom is -0.378 e.